The monoisotopic (exact) mass is 362 g/mol. The Morgan fingerprint density at radius 3 is 2.79 bits per heavy atom. The van der Waals surface area contributed by atoms with E-state index in [2.05, 4.69) is 29.1 Å². The van der Waals surface area contributed by atoms with Crippen LogP contribution in [-0.4, -0.2) is 20.4 Å². The van der Waals surface area contributed by atoms with Gasteiger partial charge in [0, 0.05) is 11.9 Å². The highest BCUT2D eigenvalue weighted by Gasteiger charge is 2.19. The number of carbonyl (C=O) groups is 1. The molecule has 2 heterocycles. The van der Waals surface area contributed by atoms with Crippen LogP contribution in [0.1, 0.15) is 35.0 Å². The first-order valence-electron chi connectivity index (χ1n) is 7.79. The third-order valence-electron chi connectivity index (χ3n) is 3.77. The van der Waals surface area contributed by atoms with E-state index < -0.39 is 0 Å². The SMILES string of the molecule is CC(C)Cc1sc(Cl)nc1C(=O)NCc1nc2ccccc2n1C. The number of benzene rings is 1. The molecule has 0 atom stereocenters. The molecule has 0 saturated heterocycles. The Bertz CT molecular complexity index is 884. The van der Waals surface area contributed by atoms with Gasteiger partial charge in [0.05, 0.1) is 17.6 Å². The van der Waals surface area contributed by atoms with Crippen LogP contribution in [-0.2, 0) is 20.0 Å². The molecule has 1 amide bonds. The van der Waals surface area contributed by atoms with Gasteiger partial charge in [0.2, 0.25) is 0 Å². The smallest absolute Gasteiger partial charge is 0.271 e. The number of hydrogen-bond donors (Lipinski definition) is 1. The maximum absolute atomic E-state index is 12.5. The fourth-order valence-electron chi connectivity index (χ4n) is 2.61. The van der Waals surface area contributed by atoms with E-state index in [-0.39, 0.29) is 5.91 Å². The molecule has 1 aromatic carbocycles. The van der Waals surface area contributed by atoms with Crippen molar-refractivity contribution in [2.24, 2.45) is 13.0 Å². The Hall–Kier alpha value is -1.92. The van der Waals surface area contributed by atoms with Gasteiger partial charge >= 0.3 is 0 Å². The molecule has 0 aliphatic carbocycles. The average molecular weight is 363 g/mol. The summed E-state index contributed by atoms with van der Waals surface area (Å²) in [5.74, 6) is 1.03. The summed E-state index contributed by atoms with van der Waals surface area (Å²) in [6.45, 7) is 4.56. The second-order valence-electron chi connectivity index (χ2n) is 6.10. The van der Waals surface area contributed by atoms with Crippen molar-refractivity contribution < 1.29 is 4.79 Å². The van der Waals surface area contributed by atoms with Gasteiger partial charge in [0.25, 0.3) is 5.91 Å². The Labute approximate surface area is 149 Å². The molecule has 0 fully saturated rings. The first-order chi connectivity index (χ1) is 11.5. The van der Waals surface area contributed by atoms with Crippen molar-refractivity contribution in [1.29, 1.82) is 0 Å². The molecule has 126 valence electrons. The lowest BCUT2D eigenvalue weighted by atomic mass is 10.1. The molecule has 0 aliphatic heterocycles. The number of nitrogens with one attached hydrogen (secondary N) is 1. The van der Waals surface area contributed by atoms with E-state index in [1.807, 2.05) is 35.9 Å². The number of fused-ring (bicyclic) bond motifs is 1. The molecule has 5 nitrogen and oxygen atoms in total. The van der Waals surface area contributed by atoms with Crippen molar-refractivity contribution in [3.8, 4) is 0 Å². The highest BCUT2D eigenvalue weighted by atomic mass is 35.5. The van der Waals surface area contributed by atoms with Crippen LogP contribution in [0.5, 0.6) is 0 Å². The third-order valence-corrected chi connectivity index (χ3v) is 4.95. The summed E-state index contributed by atoms with van der Waals surface area (Å²) in [4.78, 5) is 22.2. The van der Waals surface area contributed by atoms with Crippen molar-refractivity contribution in [3.63, 3.8) is 0 Å². The summed E-state index contributed by atoms with van der Waals surface area (Å²) in [7, 11) is 1.95. The van der Waals surface area contributed by atoms with Crippen LogP contribution in [0.2, 0.25) is 4.47 Å². The summed E-state index contributed by atoms with van der Waals surface area (Å²) in [6.07, 6.45) is 0.791. The van der Waals surface area contributed by atoms with E-state index in [1.165, 1.54) is 11.3 Å². The number of imidazole rings is 1. The van der Waals surface area contributed by atoms with E-state index in [0.29, 0.717) is 22.6 Å². The number of rotatable bonds is 5. The highest BCUT2D eigenvalue weighted by molar-refractivity contribution is 7.16. The van der Waals surface area contributed by atoms with E-state index in [4.69, 9.17) is 11.6 Å². The molecule has 0 bridgehead atoms. The zero-order valence-corrected chi connectivity index (χ0v) is 15.4. The molecule has 0 unspecified atom stereocenters. The Morgan fingerprint density at radius 2 is 2.08 bits per heavy atom. The number of para-hydroxylation sites is 2. The lowest BCUT2D eigenvalue weighted by Crippen LogP contribution is -2.25. The molecule has 0 saturated carbocycles. The topological polar surface area (TPSA) is 59.8 Å². The largest absolute Gasteiger partial charge is 0.343 e. The Kier molecular flexibility index (Phi) is 4.87. The second-order valence-corrected chi connectivity index (χ2v) is 7.76. The van der Waals surface area contributed by atoms with Crippen LogP contribution in [0.25, 0.3) is 11.0 Å². The fourth-order valence-corrected chi connectivity index (χ4v) is 3.96. The van der Waals surface area contributed by atoms with Gasteiger partial charge < -0.3 is 9.88 Å². The van der Waals surface area contributed by atoms with Gasteiger partial charge in [-0.1, -0.05) is 37.6 Å². The lowest BCUT2D eigenvalue weighted by Gasteiger charge is -2.07. The minimum atomic E-state index is -0.208. The first kappa shape index (κ1) is 16.9. The minimum absolute atomic E-state index is 0.208. The fraction of sp³-hybridized carbons (Fsp3) is 0.353. The second kappa shape index (κ2) is 6.91. The molecule has 7 heteroatoms. The summed E-state index contributed by atoms with van der Waals surface area (Å²) < 4.78 is 2.39. The Balaban J connectivity index is 1.76. The number of amides is 1. The molecular formula is C17H19ClN4OS. The molecule has 3 rings (SSSR count). The van der Waals surface area contributed by atoms with Crippen LogP contribution in [0, 0.1) is 5.92 Å². The molecule has 0 radical (unpaired) electrons. The maximum Gasteiger partial charge on any atom is 0.271 e. The van der Waals surface area contributed by atoms with E-state index >= 15 is 0 Å². The molecule has 3 aromatic rings. The average Bonchev–Trinajstić information content (AvgIpc) is 3.05. The van der Waals surface area contributed by atoms with Crippen molar-refractivity contribution >= 4 is 39.9 Å². The molecule has 0 aliphatic rings. The first-order valence-corrected chi connectivity index (χ1v) is 8.99. The van der Waals surface area contributed by atoms with E-state index in [1.54, 1.807) is 0 Å². The number of thiazole rings is 1. The predicted octanol–water partition coefficient (Wildman–Crippen LogP) is 3.81. The van der Waals surface area contributed by atoms with Crippen LogP contribution in [0.3, 0.4) is 0 Å². The van der Waals surface area contributed by atoms with Crippen LogP contribution >= 0.6 is 22.9 Å². The van der Waals surface area contributed by atoms with Gasteiger partial charge in [-0.05, 0) is 24.5 Å². The van der Waals surface area contributed by atoms with Crippen molar-refractivity contribution in [1.82, 2.24) is 19.9 Å². The minimum Gasteiger partial charge on any atom is -0.343 e. The van der Waals surface area contributed by atoms with Gasteiger partial charge in [-0.15, -0.1) is 11.3 Å². The predicted molar refractivity (Wildman–Crippen MR) is 97.6 cm³/mol. The number of halogens is 1. The molecule has 1 N–H and O–H groups in total. The quantitative estimate of drug-likeness (QED) is 0.750. The normalized spacial score (nSPS) is 11.4. The summed E-state index contributed by atoms with van der Waals surface area (Å²) in [5.41, 5.74) is 2.39. The van der Waals surface area contributed by atoms with Gasteiger partial charge in [-0.2, -0.15) is 0 Å². The van der Waals surface area contributed by atoms with Gasteiger partial charge in [-0.25, -0.2) is 9.97 Å². The molecule has 24 heavy (non-hydrogen) atoms. The van der Waals surface area contributed by atoms with Crippen molar-refractivity contribution in [2.75, 3.05) is 0 Å². The van der Waals surface area contributed by atoms with Crippen LogP contribution in [0.4, 0.5) is 0 Å². The molecule has 2 aromatic heterocycles. The van der Waals surface area contributed by atoms with E-state index in [0.717, 1.165) is 28.2 Å². The Morgan fingerprint density at radius 1 is 1.33 bits per heavy atom. The molecular weight excluding hydrogens is 344 g/mol. The van der Waals surface area contributed by atoms with Crippen LogP contribution in [0.15, 0.2) is 24.3 Å². The van der Waals surface area contributed by atoms with Gasteiger partial charge in [0.15, 0.2) is 4.47 Å². The van der Waals surface area contributed by atoms with Crippen molar-refractivity contribution in [2.45, 2.75) is 26.8 Å². The van der Waals surface area contributed by atoms with Crippen molar-refractivity contribution in [3.05, 3.63) is 45.1 Å². The summed E-state index contributed by atoms with van der Waals surface area (Å²) in [5, 5.41) is 2.91. The number of carbonyl (C=O) groups excluding carboxylic acids is 1. The zero-order valence-electron chi connectivity index (χ0n) is 13.8. The zero-order chi connectivity index (χ0) is 17.3. The summed E-state index contributed by atoms with van der Waals surface area (Å²) >= 11 is 7.37. The number of aryl methyl sites for hydroxylation is 1. The van der Waals surface area contributed by atoms with Crippen LogP contribution < -0.4 is 5.32 Å². The lowest BCUT2D eigenvalue weighted by molar-refractivity contribution is 0.0944. The van der Waals surface area contributed by atoms with E-state index in [9.17, 15) is 4.79 Å². The highest BCUT2D eigenvalue weighted by Crippen LogP contribution is 2.25. The van der Waals surface area contributed by atoms with Gasteiger partial charge in [0.1, 0.15) is 11.5 Å². The maximum atomic E-state index is 12.5. The number of hydrogen-bond acceptors (Lipinski definition) is 4. The molecule has 0 spiro atoms. The standard InChI is InChI=1S/C17H19ClN4OS/c1-10(2)8-13-15(21-17(18)24-13)16(23)19-9-14-20-11-6-4-5-7-12(11)22(14)3/h4-7,10H,8-9H2,1-3H3,(H,19,23). The summed E-state index contributed by atoms with van der Waals surface area (Å²) in [6, 6.07) is 7.89. The van der Waals surface area contributed by atoms with Gasteiger partial charge in [-0.3, -0.25) is 4.79 Å². The number of nitrogens with zero attached hydrogens (tertiary/aromatic N) is 3. The third kappa shape index (κ3) is 3.44. The number of aromatic nitrogens is 3.